The van der Waals surface area contributed by atoms with E-state index in [1.165, 1.54) is 6.42 Å². The molecule has 0 aliphatic carbocycles. The monoisotopic (exact) mass is 252 g/mol. The molecule has 1 aromatic heterocycles. The first-order valence-electron chi connectivity index (χ1n) is 6.41. The number of hydrogen-bond donors (Lipinski definition) is 2. The van der Waals surface area contributed by atoms with Crippen molar-refractivity contribution in [1.82, 2.24) is 25.4 Å². The maximum absolute atomic E-state index is 4.17. The van der Waals surface area contributed by atoms with Gasteiger partial charge in [-0.1, -0.05) is 13.8 Å². The van der Waals surface area contributed by atoms with E-state index in [2.05, 4.69) is 39.7 Å². The molecule has 0 saturated carbocycles. The van der Waals surface area contributed by atoms with Crippen molar-refractivity contribution in [2.45, 2.75) is 33.2 Å². The normalized spacial score (nSPS) is 11.9. The van der Waals surface area contributed by atoms with E-state index in [1.54, 1.807) is 13.4 Å². The number of nitrogens with zero attached hydrogens (tertiary/aromatic N) is 4. The van der Waals surface area contributed by atoms with Crippen molar-refractivity contribution in [1.29, 1.82) is 0 Å². The maximum Gasteiger partial charge on any atom is 0.191 e. The molecule has 0 aromatic carbocycles. The van der Waals surface area contributed by atoms with Gasteiger partial charge in [-0.3, -0.25) is 4.99 Å². The summed E-state index contributed by atoms with van der Waals surface area (Å²) in [5.74, 6) is 2.45. The molecule has 0 bridgehead atoms. The van der Waals surface area contributed by atoms with Crippen molar-refractivity contribution >= 4 is 5.96 Å². The van der Waals surface area contributed by atoms with Crippen LogP contribution in [0.4, 0.5) is 0 Å². The molecule has 6 nitrogen and oxygen atoms in total. The molecule has 0 aliphatic heterocycles. The third-order valence-corrected chi connectivity index (χ3v) is 2.69. The van der Waals surface area contributed by atoms with Crippen LogP contribution in [0.15, 0.2) is 11.3 Å². The van der Waals surface area contributed by atoms with Crippen molar-refractivity contribution in [3.8, 4) is 0 Å². The second-order valence-corrected chi connectivity index (χ2v) is 4.75. The molecule has 0 unspecified atom stereocenters. The lowest BCUT2D eigenvalue weighted by molar-refractivity contribution is 0.549. The van der Waals surface area contributed by atoms with Crippen LogP contribution in [-0.2, 0) is 13.6 Å². The van der Waals surface area contributed by atoms with Gasteiger partial charge in [-0.05, 0) is 18.8 Å². The van der Waals surface area contributed by atoms with Crippen molar-refractivity contribution < 1.29 is 0 Å². The van der Waals surface area contributed by atoms with Crippen molar-refractivity contribution in [2.75, 3.05) is 13.6 Å². The Morgan fingerprint density at radius 2 is 2.22 bits per heavy atom. The van der Waals surface area contributed by atoms with Gasteiger partial charge >= 0.3 is 0 Å². The second kappa shape index (κ2) is 7.68. The van der Waals surface area contributed by atoms with Crippen LogP contribution in [0.5, 0.6) is 0 Å². The molecule has 0 atom stereocenters. The van der Waals surface area contributed by atoms with E-state index < -0.39 is 0 Å². The van der Waals surface area contributed by atoms with Crippen LogP contribution >= 0.6 is 0 Å². The third kappa shape index (κ3) is 5.16. The summed E-state index contributed by atoms with van der Waals surface area (Å²) >= 11 is 0. The van der Waals surface area contributed by atoms with Crippen molar-refractivity contribution in [3.63, 3.8) is 0 Å². The predicted molar refractivity (Wildman–Crippen MR) is 73.3 cm³/mol. The molecule has 6 heteroatoms. The molecular weight excluding hydrogens is 228 g/mol. The SMILES string of the molecule is CN=C(NCCCC(C)C)NCc1nncn1C. The van der Waals surface area contributed by atoms with Crippen molar-refractivity contribution in [3.05, 3.63) is 12.2 Å². The van der Waals surface area contributed by atoms with Gasteiger partial charge in [0.15, 0.2) is 11.8 Å². The first kappa shape index (κ1) is 14.5. The average molecular weight is 252 g/mol. The van der Waals surface area contributed by atoms with Gasteiger partial charge in [0, 0.05) is 20.6 Å². The summed E-state index contributed by atoms with van der Waals surface area (Å²) in [7, 11) is 3.70. The van der Waals surface area contributed by atoms with Gasteiger partial charge in [-0.25, -0.2) is 0 Å². The molecule has 0 amide bonds. The van der Waals surface area contributed by atoms with E-state index in [-0.39, 0.29) is 0 Å². The Morgan fingerprint density at radius 1 is 1.44 bits per heavy atom. The minimum Gasteiger partial charge on any atom is -0.356 e. The van der Waals surface area contributed by atoms with Gasteiger partial charge in [-0.2, -0.15) is 0 Å². The number of nitrogens with one attached hydrogen (secondary N) is 2. The van der Waals surface area contributed by atoms with Crippen LogP contribution < -0.4 is 10.6 Å². The third-order valence-electron chi connectivity index (χ3n) is 2.69. The highest BCUT2D eigenvalue weighted by molar-refractivity contribution is 5.79. The smallest absolute Gasteiger partial charge is 0.191 e. The lowest BCUT2D eigenvalue weighted by Crippen LogP contribution is -2.37. The van der Waals surface area contributed by atoms with Crippen molar-refractivity contribution in [2.24, 2.45) is 18.0 Å². The summed E-state index contributed by atoms with van der Waals surface area (Å²) in [5.41, 5.74) is 0. The quantitative estimate of drug-likeness (QED) is 0.449. The van der Waals surface area contributed by atoms with E-state index in [1.807, 2.05) is 11.6 Å². The Hall–Kier alpha value is -1.59. The molecule has 1 rings (SSSR count). The first-order chi connectivity index (χ1) is 8.63. The van der Waals surface area contributed by atoms with Gasteiger partial charge in [0.05, 0.1) is 6.54 Å². The van der Waals surface area contributed by atoms with E-state index in [9.17, 15) is 0 Å². The number of rotatable bonds is 6. The summed E-state index contributed by atoms with van der Waals surface area (Å²) in [5, 5.41) is 14.3. The summed E-state index contributed by atoms with van der Waals surface area (Å²) in [6, 6.07) is 0. The Kier molecular flexibility index (Phi) is 6.18. The number of aromatic nitrogens is 3. The van der Waals surface area contributed by atoms with E-state index in [0.29, 0.717) is 6.54 Å². The lowest BCUT2D eigenvalue weighted by atomic mass is 10.1. The van der Waals surface area contributed by atoms with E-state index >= 15 is 0 Å². The fourth-order valence-electron chi connectivity index (χ4n) is 1.57. The number of aliphatic imine (C=N–C) groups is 1. The number of aryl methyl sites for hydroxylation is 1. The van der Waals surface area contributed by atoms with Gasteiger partial charge in [0.25, 0.3) is 0 Å². The summed E-state index contributed by atoms with van der Waals surface area (Å²) < 4.78 is 1.89. The number of guanidine groups is 1. The molecule has 0 spiro atoms. The molecule has 0 saturated heterocycles. The van der Waals surface area contributed by atoms with Gasteiger partial charge in [-0.15, -0.1) is 10.2 Å². The highest BCUT2D eigenvalue weighted by Gasteiger charge is 2.02. The minimum atomic E-state index is 0.625. The van der Waals surface area contributed by atoms with Gasteiger partial charge in [0.2, 0.25) is 0 Å². The molecule has 0 fully saturated rings. The summed E-state index contributed by atoms with van der Waals surface area (Å²) in [4.78, 5) is 4.17. The second-order valence-electron chi connectivity index (χ2n) is 4.75. The summed E-state index contributed by atoms with van der Waals surface area (Å²) in [6.45, 7) is 6.04. The maximum atomic E-state index is 4.17. The van der Waals surface area contributed by atoms with Gasteiger partial charge < -0.3 is 15.2 Å². The van der Waals surface area contributed by atoms with E-state index in [0.717, 1.165) is 30.7 Å². The molecule has 1 aromatic rings. The van der Waals surface area contributed by atoms with E-state index in [4.69, 9.17) is 0 Å². The molecule has 18 heavy (non-hydrogen) atoms. The van der Waals surface area contributed by atoms with Crippen LogP contribution in [0.2, 0.25) is 0 Å². The standard InChI is InChI=1S/C12H24N6/c1-10(2)6-5-7-14-12(13-3)15-8-11-17-16-9-18(11)4/h9-10H,5-8H2,1-4H3,(H2,13,14,15). The Bertz CT molecular complexity index is 368. The highest BCUT2D eigenvalue weighted by atomic mass is 15.3. The summed E-state index contributed by atoms with van der Waals surface area (Å²) in [6.07, 6.45) is 4.07. The molecule has 102 valence electrons. The molecule has 1 heterocycles. The number of hydrogen-bond acceptors (Lipinski definition) is 3. The zero-order valence-electron chi connectivity index (χ0n) is 11.8. The Labute approximate surface area is 109 Å². The predicted octanol–water partition coefficient (Wildman–Crippen LogP) is 0.916. The lowest BCUT2D eigenvalue weighted by Gasteiger charge is -2.12. The largest absolute Gasteiger partial charge is 0.356 e. The van der Waals surface area contributed by atoms with Crippen LogP contribution in [0.1, 0.15) is 32.5 Å². The van der Waals surface area contributed by atoms with Gasteiger partial charge in [0.1, 0.15) is 6.33 Å². The topological polar surface area (TPSA) is 67.1 Å². The minimum absolute atomic E-state index is 0.625. The zero-order valence-corrected chi connectivity index (χ0v) is 11.8. The fraction of sp³-hybridized carbons (Fsp3) is 0.750. The molecule has 2 N–H and O–H groups in total. The van der Waals surface area contributed by atoms with Crippen LogP contribution in [-0.4, -0.2) is 34.3 Å². The highest BCUT2D eigenvalue weighted by Crippen LogP contribution is 2.01. The average Bonchev–Trinajstić information content (AvgIpc) is 2.74. The zero-order chi connectivity index (χ0) is 13.4. The van der Waals surface area contributed by atoms with Crippen LogP contribution in [0.25, 0.3) is 0 Å². The fourth-order valence-corrected chi connectivity index (χ4v) is 1.57. The Balaban J connectivity index is 2.24. The Morgan fingerprint density at radius 3 is 2.78 bits per heavy atom. The molecule has 0 aliphatic rings. The molecular formula is C12H24N6. The van der Waals surface area contributed by atoms with Crippen LogP contribution in [0, 0.1) is 5.92 Å². The molecule has 0 radical (unpaired) electrons. The first-order valence-corrected chi connectivity index (χ1v) is 6.41. The van der Waals surface area contributed by atoms with Crippen LogP contribution in [0.3, 0.4) is 0 Å².